The Morgan fingerprint density at radius 2 is 2.04 bits per heavy atom. The molecule has 3 aromatic rings. The van der Waals surface area contributed by atoms with Gasteiger partial charge in [-0.1, -0.05) is 47.6 Å². The Morgan fingerprint density at radius 3 is 2.82 bits per heavy atom. The van der Waals surface area contributed by atoms with Crippen LogP contribution in [0.15, 0.2) is 53.7 Å². The third kappa shape index (κ3) is 2.68. The second kappa shape index (κ2) is 7.12. The van der Waals surface area contributed by atoms with E-state index in [4.69, 9.17) is 4.74 Å². The molecule has 0 N–H and O–H groups in total. The standard InChI is InChI=1S/C20H18N6O2/c1-3-28-19(27)17-13(2)25(12-11-21)20-22-23-24-26(20)18(17)16-10-6-8-14-7-4-5-9-15(14)16/h4-10,18H,3,12H2,1-2H3. The van der Waals surface area contributed by atoms with Gasteiger partial charge in [0.15, 0.2) is 0 Å². The van der Waals surface area contributed by atoms with Crippen LogP contribution in [0.25, 0.3) is 10.8 Å². The van der Waals surface area contributed by atoms with Gasteiger partial charge in [-0.15, -0.1) is 0 Å². The number of anilines is 1. The summed E-state index contributed by atoms with van der Waals surface area (Å²) in [5, 5.41) is 23.3. The summed E-state index contributed by atoms with van der Waals surface area (Å²) in [6.45, 7) is 3.83. The molecule has 0 saturated heterocycles. The van der Waals surface area contributed by atoms with E-state index in [0.717, 1.165) is 16.3 Å². The van der Waals surface area contributed by atoms with Gasteiger partial charge in [0.25, 0.3) is 5.95 Å². The molecule has 1 aliphatic heterocycles. The SMILES string of the molecule is CCOC(=O)C1=C(C)N(CC#N)c2nnnn2C1c1cccc2ccccc12. The zero-order chi connectivity index (χ0) is 19.7. The van der Waals surface area contributed by atoms with Crippen LogP contribution in [-0.2, 0) is 9.53 Å². The van der Waals surface area contributed by atoms with Crippen molar-refractivity contribution in [3.8, 4) is 6.07 Å². The number of hydrogen-bond donors (Lipinski definition) is 0. The Labute approximate surface area is 161 Å². The third-order valence-corrected chi connectivity index (χ3v) is 4.87. The summed E-state index contributed by atoms with van der Waals surface area (Å²) in [6.07, 6.45) is 0. The lowest BCUT2D eigenvalue weighted by atomic mass is 9.91. The minimum atomic E-state index is -0.551. The summed E-state index contributed by atoms with van der Waals surface area (Å²) in [6, 6.07) is 15.4. The number of ether oxygens (including phenoxy) is 1. The molecule has 1 aromatic heterocycles. The van der Waals surface area contributed by atoms with Gasteiger partial charge >= 0.3 is 5.97 Å². The number of allylic oxidation sites excluding steroid dienone is 1. The number of nitrogens with zero attached hydrogens (tertiary/aromatic N) is 6. The highest BCUT2D eigenvalue weighted by Crippen LogP contribution is 2.40. The first-order chi connectivity index (χ1) is 13.7. The van der Waals surface area contributed by atoms with E-state index in [1.54, 1.807) is 23.4 Å². The van der Waals surface area contributed by atoms with Crippen molar-refractivity contribution in [3.63, 3.8) is 0 Å². The van der Waals surface area contributed by atoms with E-state index in [1.165, 1.54) is 0 Å². The number of nitriles is 1. The van der Waals surface area contributed by atoms with Crippen LogP contribution in [0.3, 0.4) is 0 Å². The maximum Gasteiger partial charge on any atom is 0.338 e. The van der Waals surface area contributed by atoms with E-state index in [9.17, 15) is 10.1 Å². The molecule has 0 bridgehead atoms. The number of esters is 1. The van der Waals surface area contributed by atoms with E-state index < -0.39 is 12.0 Å². The van der Waals surface area contributed by atoms with Gasteiger partial charge in [0.2, 0.25) is 0 Å². The molecule has 0 spiro atoms. The van der Waals surface area contributed by atoms with Crippen LogP contribution in [0.1, 0.15) is 25.5 Å². The molecule has 2 heterocycles. The van der Waals surface area contributed by atoms with Crippen molar-refractivity contribution in [1.82, 2.24) is 20.2 Å². The van der Waals surface area contributed by atoms with Gasteiger partial charge in [0.1, 0.15) is 12.6 Å². The predicted molar refractivity (Wildman–Crippen MR) is 102 cm³/mol. The summed E-state index contributed by atoms with van der Waals surface area (Å²) in [5.41, 5.74) is 1.93. The van der Waals surface area contributed by atoms with Crippen molar-refractivity contribution in [2.45, 2.75) is 19.9 Å². The molecule has 1 unspecified atom stereocenters. The van der Waals surface area contributed by atoms with Crippen LogP contribution < -0.4 is 4.90 Å². The molecule has 0 aliphatic carbocycles. The van der Waals surface area contributed by atoms with Crippen molar-refractivity contribution in [3.05, 3.63) is 59.3 Å². The van der Waals surface area contributed by atoms with E-state index in [-0.39, 0.29) is 13.2 Å². The highest BCUT2D eigenvalue weighted by atomic mass is 16.5. The quantitative estimate of drug-likeness (QED) is 0.511. The van der Waals surface area contributed by atoms with Crippen molar-refractivity contribution < 1.29 is 9.53 Å². The van der Waals surface area contributed by atoms with E-state index in [0.29, 0.717) is 17.2 Å². The van der Waals surface area contributed by atoms with Gasteiger partial charge in [-0.3, -0.25) is 4.90 Å². The van der Waals surface area contributed by atoms with Gasteiger partial charge in [0.05, 0.1) is 18.2 Å². The molecular weight excluding hydrogens is 356 g/mol. The Morgan fingerprint density at radius 1 is 1.25 bits per heavy atom. The molecule has 1 aliphatic rings. The van der Waals surface area contributed by atoms with Crippen LogP contribution in [0.2, 0.25) is 0 Å². The molecule has 8 nitrogen and oxygen atoms in total. The molecule has 4 rings (SSSR count). The second-order valence-electron chi connectivity index (χ2n) is 6.36. The van der Waals surface area contributed by atoms with Crippen molar-refractivity contribution >= 4 is 22.7 Å². The minimum Gasteiger partial charge on any atom is -0.463 e. The van der Waals surface area contributed by atoms with Gasteiger partial charge in [-0.25, -0.2) is 4.79 Å². The highest BCUT2D eigenvalue weighted by Gasteiger charge is 2.39. The number of hydrogen-bond acceptors (Lipinski definition) is 7. The molecule has 1 atom stereocenters. The van der Waals surface area contributed by atoms with Crippen molar-refractivity contribution in [2.24, 2.45) is 0 Å². The molecule has 0 radical (unpaired) electrons. The largest absolute Gasteiger partial charge is 0.463 e. The zero-order valence-corrected chi connectivity index (χ0v) is 15.5. The molecular formula is C20H18N6O2. The number of rotatable bonds is 4. The summed E-state index contributed by atoms with van der Waals surface area (Å²) < 4.78 is 6.93. The maximum atomic E-state index is 12.9. The van der Waals surface area contributed by atoms with Crippen molar-refractivity contribution in [1.29, 1.82) is 5.26 Å². The van der Waals surface area contributed by atoms with Gasteiger partial charge < -0.3 is 4.74 Å². The van der Waals surface area contributed by atoms with Crippen LogP contribution in [-0.4, -0.2) is 39.3 Å². The molecule has 0 amide bonds. The highest BCUT2D eigenvalue weighted by molar-refractivity contribution is 5.95. The number of tetrazole rings is 1. The Kier molecular flexibility index (Phi) is 4.49. The lowest BCUT2D eigenvalue weighted by molar-refractivity contribution is -0.139. The Balaban J connectivity index is 2.00. The predicted octanol–water partition coefficient (Wildman–Crippen LogP) is 2.60. The molecule has 2 aromatic carbocycles. The molecule has 0 fully saturated rings. The molecule has 140 valence electrons. The first kappa shape index (κ1) is 17.7. The fraction of sp³-hybridized carbons (Fsp3) is 0.250. The molecule has 28 heavy (non-hydrogen) atoms. The summed E-state index contributed by atoms with van der Waals surface area (Å²) >= 11 is 0. The lowest BCUT2D eigenvalue weighted by Crippen LogP contribution is -2.37. The lowest BCUT2D eigenvalue weighted by Gasteiger charge is -2.33. The maximum absolute atomic E-state index is 12.9. The van der Waals surface area contributed by atoms with Crippen LogP contribution in [0.4, 0.5) is 5.95 Å². The monoisotopic (exact) mass is 374 g/mol. The number of aromatic nitrogens is 4. The van der Waals surface area contributed by atoms with E-state index in [2.05, 4.69) is 21.6 Å². The number of carbonyl (C=O) groups excluding carboxylic acids is 1. The topological polar surface area (TPSA) is 96.9 Å². The minimum absolute atomic E-state index is 0.0252. The second-order valence-corrected chi connectivity index (χ2v) is 6.36. The van der Waals surface area contributed by atoms with Crippen LogP contribution in [0.5, 0.6) is 0 Å². The fourth-order valence-electron chi connectivity index (χ4n) is 3.65. The van der Waals surface area contributed by atoms with E-state index in [1.807, 2.05) is 42.5 Å². The Hall–Kier alpha value is -3.73. The van der Waals surface area contributed by atoms with Crippen LogP contribution >= 0.6 is 0 Å². The molecule has 8 heteroatoms. The summed E-state index contributed by atoms with van der Waals surface area (Å²) in [4.78, 5) is 14.6. The number of carbonyl (C=O) groups is 1. The average molecular weight is 374 g/mol. The zero-order valence-electron chi connectivity index (χ0n) is 15.5. The first-order valence-electron chi connectivity index (χ1n) is 8.95. The normalized spacial score (nSPS) is 16.0. The van der Waals surface area contributed by atoms with Gasteiger partial charge in [-0.05, 0) is 40.6 Å². The fourth-order valence-corrected chi connectivity index (χ4v) is 3.65. The first-order valence-corrected chi connectivity index (χ1v) is 8.95. The summed E-state index contributed by atoms with van der Waals surface area (Å²) in [5.74, 6) is -0.0212. The number of benzene rings is 2. The third-order valence-electron chi connectivity index (χ3n) is 4.87. The molecule has 0 saturated carbocycles. The Bertz CT molecular complexity index is 1120. The number of fused-ring (bicyclic) bond motifs is 2. The van der Waals surface area contributed by atoms with Crippen LogP contribution in [0, 0.1) is 11.3 Å². The van der Waals surface area contributed by atoms with E-state index >= 15 is 0 Å². The smallest absolute Gasteiger partial charge is 0.338 e. The van der Waals surface area contributed by atoms with Crippen molar-refractivity contribution in [2.75, 3.05) is 18.1 Å². The average Bonchev–Trinajstić information content (AvgIpc) is 3.19. The van der Waals surface area contributed by atoms with Gasteiger partial charge in [0, 0.05) is 5.70 Å². The van der Waals surface area contributed by atoms with Gasteiger partial charge in [-0.2, -0.15) is 9.94 Å². The summed E-state index contributed by atoms with van der Waals surface area (Å²) in [7, 11) is 0.